The van der Waals surface area contributed by atoms with E-state index in [2.05, 4.69) is 0 Å². The number of para-hydroxylation sites is 1. The smallest absolute Gasteiger partial charge is 0.273 e. The van der Waals surface area contributed by atoms with Crippen molar-refractivity contribution in [3.8, 4) is 5.75 Å². The van der Waals surface area contributed by atoms with Crippen LogP contribution in [0.15, 0.2) is 48.5 Å². The highest BCUT2D eigenvalue weighted by Crippen LogP contribution is 2.19. The molecule has 6 heteroatoms. The zero-order chi connectivity index (χ0) is 15.9. The summed E-state index contributed by atoms with van der Waals surface area (Å²) in [6.07, 6.45) is 0. The second kappa shape index (κ2) is 7.77. The molecule has 0 bridgehead atoms. The van der Waals surface area contributed by atoms with Gasteiger partial charge in [-0.1, -0.05) is 29.8 Å². The molecule has 2 aromatic carbocycles. The summed E-state index contributed by atoms with van der Waals surface area (Å²) in [5.74, 6) is 0.753. The van der Waals surface area contributed by atoms with E-state index in [0.29, 0.717) is 30.3 Å². The fraction of sp³-hybridized carbons (Fsp3) is 0.250. The van der Waals surface area contributed by atoms with Crippen LogP contribution >= 0.6 is 11.6 Å². The van der Waals surface area contributed by atoms with Gasteiger partial charge in [-0.05, 0) is 31.3 Å². The van der Waals surface area contributed by atoms with E-state index < -0.39 is 0 Å². The van der Waals surface area contributed by atoms with E-state index in [1.807, 2.05) is 24.1 Å². The molecule has 0 aliphatic heterocycles. The van der Waals surface area contributed by atoms with Gasteiger partial charge in [0.05, 0.1) is 4.92 Å². The van der Waals surface area contributed by atoms with Crippen molar-refractivity contribution in [2.45, 2.75) is 6.54 Å². The molecule has 116 valence electrons. The number of ether oxygens (including phenoxy) is 1. The molecule has 2 aromatic rings. The monoisotopic (exact) mass is 320 g/mol. The molecule has 0 aliphatic carbocycles. The number of nitro benzene ring substituents is 1. The molecule has 0 heterocycles. The van der Waals surface area contributed by atoms with Crippen molar-refractivity contribution in [1.82, 2.24) is 4.90 Å². The van der Waals surface area contributed by atoms with Crippen LogP contribution in [0.25, 0.3) is 0 Å². The van der Waals surface area contributed by atoms with E-state index >= 15 is 0 Å². The molecule has 0 saturated carbocycles. The van der Waals surface area contributed by atoms with Gasteiger partial charge in [-0.15, -0.1) is 0 Å². The second-order valence-electron chi connectivity index (χ2n) is 4.93. The van der Waals surface area contributed by atoms with E-state index in [1.165, 1.54) is 6.07 Å². The van der Waals surface area contributed by atoms with E-state index in [1.54, 1.807) is 30.3 Å². The fourth-order valence-electron chi connectivity index (χ4n) is 2.04. The minimum absolute atomic E-state index is 0.146. The Hall–Kier alpha value is -2.11. The molecule has 0 aromatic heterocycles. The zero-order valence-electron chi connectivity index (χ0n) is 12.2. The third kappa shape index (κ3) is 4.72. The number of benzene rings is 2. The first-order valence-electron chi connectivity index (χ1n) is 6.85. The van der Waals surface area contributed by atoms with Crippen LogP contribution in [0.3, 0.4) is 0 Å². The molecular weight excluding hydrogens is 304 g/mol. The Bertz CT molecular complexity index is 632. The summed E-state index contributed by atoms with van der Waals surface area (Å²) in [6, 6.07) is 13.9. The molecule has 0 spiro atoms. The van der Waals surface area contributed by atoms with E-state index in [-0.39, 0.29) is 10.6 Å². The number of nitrogens with zero attached hydrogens (tertiary/aromatic N) is 2. The predicted octanol–water partition coefficient (Wildman–Crippen LogP) is 3.76. The Balaban J connectivity index is 1.84. The van der Waals surface area contributed by atoms with Crippen molar-refractivity contribution in [2.75, 3.05) is 20.2 Å². The summed E-state index contributed by atoms with van der Waals surface area (Å²) in [6.45, 7) is 1.66. The first kappa shape index (κ1) is 16.3. The van der Waals surface area contributed by atoms with Crippen LogP contribution in [0.1, 0.15) is 5.56 Å². The summed E-state index contributed by atoms with van der Waals surface area (Å²) in [4.78, 5) is 12.6. The lowest BCUT2D eigenvalue weighted by Crippen LogP contribution is -2.24. The summed E-state index contributed by atoms with van der Waals surface area (Å²) in [7, 11) is 1.90. The highest BCUT2D eigenvalue weighted by atomic mass is 35.5. The summed E-state index contributed by atoms with van der Waals surface area (Å²) in [5, 5.41) is 11.6. The van der Waals surface area contributed by atoms with Gasteiger partial charge in [-0.3, -0.25) is 15.0 Å². The van der Waals surface area contributed by atoms with Gasteiger partial charge in [0.2, 0.25) is 0 Å². The van der Waals surface area contributed by atoms with Gasteiger partial charge in [0.15, 0.2) is 0 Å². The molecule has 0 saturated heterocycles. The zero-order valence-corrected chi connectivity index (χ0v) is 13.0. The SMILES string of the molecule is CN(CCOc1ccc(Cl)cc1)Cc1ccccc1[N+](=O)[O-]. The third-order valence-electron chi connectivity index (χ3n) is 3.18. The Morgan fingerprint density at radius 3 is 2.55 bits per heavy atom. The van der Waals surface area contributed by atoms with Gasteiger partial charge in [-0.2, -0.15) is 0 Å². The Morgan fingerprint density at radius 2 is 1.86 bits per heavy atom. The highest BCUT2D eigenvalue weighted by Gasteiger charge is 2.13. The Kier molecular flexibility index (Phi) is 5.75. The van der Waals surface area contributed by atoms with Crippen LogP contribution in [-0.4, -0.2) is 30.0 Å². The number of nitro groups is 1. The molecule has 0 amide bonds. The van der Waals surface area contributed by atoms with E-state index in [9.17, 15) is 10.1 Å². The van der Waals surface area contributed by atoms with Crippen LogP contribution in [0.2, 0.25) is 5.02 Å². The molecule has 0 atom stereocenters. The molecule has 0 radical (unpaired) electrons. The van der Waals surface area contributed by atoms with Crippen molar-refractivity contribution in [3.05, 3.63) is 69.2 Å². The fourth-order valence-corrected chi connectivity index (χ4v) is 2.17. The van der Waals surface area contributed by atoms with Crippen molar-refractivity contribution < 1.29 is 9.66 Å². The first-order valence-corrected chi connectivity index (χ1v) is 7.23. The highest BCUT2D eigenvalue weighted by molar-refractivity contribution is 6.30. The van der Waals surface area contributed by atoms with Gasteiger partial charge in [0, 0.05) is 29.7 Å². The van der Waals surface area contributed by atoms with Crippen molar-refractivity contribution in [1.29, 1.82) is 0 Å². The lowest BCUT2D eigenvalue weighted by Gasteiger charge is -2.17. The number of hydrogen-bond acceptors (Lipinski definition) is 4. The Morgan fingerprint density at radius 1 is 1.18 bits per heavy atom. The third-order valence-corrected chi connectivity index (χ3v) is 3.44. The van der Waals surface area contributed by atoms with Gasteiger partial charge in [0.1, 0.15) is 12.4 Å². The number of rotatable bonds is 7. The Labute approximate surface area is 134 Å². The van der Waals surface area contributed by atoms with E-state index in [4.69, 9.17) is 16.3 Å². The standard InChI is InChI=1S/C16H17ClN2O3/c1-18(10-11-22-15-8-6-14(17)7-9-15)12-13-4-2-3-5-16(13)19(20)21/h2-9H,10-12H2,1H3. The van der Waals surface area contributed by atoms with Crippen molar-refractivity contribution in [2.24, 2.45) is 0 Å². The molecular formula is C16H17ClN2O3. The van der Waals surface area contributed by atoms with Crippen LogP contribution in [0.4, 0.5) is 5.69 Å². The summed E-state index contributed by atoms with van der Waals surface area (Å²) >= 11 is 5.81. The number of hydrogen-bond donors (Lipinski definition) is 0. The molecule has 22 heavy (non-hydrogen) atoms. The molecule has 0 unspecified atom stereocenters. The number of likely N-dealkylation sites (N-methyl/N-ethyl adjacent to an activating group) is 1. The summed E-state index contributed by atoms with van der Waals surface area (Å²) < 4.78 is 5.61. The maximum atomic E-state index is 11.0. The van der Waals surface area contributed by atoms with Gasteiger partial charge >= 0.3 is 0 Å². The quantitative estimate of drug-likeness (QED) is 0.576. The molecule has 5 nitrogen and oxygen atoms in total. The lowest BCUT2D eigenvalue weighted by molar-refractivity contribution is -0.385. The average Bonchev–Trinajstić information content (AvgIpc) is 2.49. The summed E-state index contributed by atoms with van der Waals surface area (Å²) in [5.41, 5.74) is 0.842. The molecule has 0 fully saturated rings. The van der Waals surface area contributed by atoms with Gasteiger partial charge in [0.25, 0.3) is 5.69 Å². The normalized spacial score (nSPS) is 10.7. The van der Waals surface area contributed by atoms with Crippen LogP contribution < -0.4 is 4.74 Å². The van der Waals surface area contributed by atoms with Crippen molar-refractivity contribution in [3.63, 3.8) is 0 Å². The average molecular weight is 321 g/mol. The first-order chi connectivity index (χ1) is 10.6. The lowest BCUT2D eigenvalue weighted by atomic mass is 10.1. The molecule has 0 aliphatic rings. The van der Waals surface area contributed by atoms with Crippen LogP contribution in [0, 0.1) is 10.1 Å². The molecule has 0 N–H and O–H groups in total. The van der Waals surface area contributed by atoms with Gasteiger partial charge in [-0.25, -0.2) is 0 Å². The second-order valence-corrected chi connectivity index (χ2v) is 5.36. The van der Waals surface area contributed by atoms with Crippen LogP contribution in [0.5, 0.6) is 5.75 Å². The maximum Gasteiger partial charge on any atom is 0.273 e. The van der Waals surface area contributed by atoms with E-state index in [0.717, 1.165) is 5.75 Å². The maximum absolute atomic E-state index is 11.0. The number of halogens is 1. The van der Waals surface area contributed by atoms with Crippen molar-refractivity contribution >= 4 is 17.3 Å². The predicted molar refractivity (Wildman–Crippen MR) is 86.4 cm³/mol. The topological polar surface area (TPSA) is 55.6 Å². The van der Waals surface area contributed by atoms with Crippen LogP contribution in [-0.2, 0) is 6.54 Å². The molecule has 2 rings (SSSR count). The largest absolute Gasteiger partial charge is 0.492 e. The minimum atomic E-state index is -0.354. The minimum Gasteiger partial charge on any atom is -0.492 e. The van der Waals surface area contributed by atoms with Gasteiger partial charge < -0.3 is 4.74 Å².